The highest BCUT2D eigenvalue weighted by Gasteiger charge is 2.04. The van der Waals surface area contributed by atoms with Gasteiger partial charge in [0.05, 0.1) is 5.75 Å². The Balaban J connectivity index is 2.63. The molecule has 16 heavy (non-hydrogen) atoms. The van der Waals surface area contributed by atoms with Gasteiger partial charge < -0.3 is 5.32 Å². The zero-order valence-corrected chi connectivity index (χ0v) is 10.9. The number of halogens is 1. The van der Waals surface area contributed by atoms with Crippen LogP contribution in [0.4, 0.5) is 5.82 Å². The van der Waals surface area contributed by atoms with E-state index in [2.05, 4.69) is 15.3 Å². The number of sulfonamides is 1. The van der Waals surface area contributed by atoms with E-state index in [0.29, 0.717) is 16.1 Å². The summed E-state index contributed by atoms with van der Waals surface area (Å²) in [5.74, 6) is 0.316. The van der Waals surface area contributed by atoms with E-state index in [1.807, 2.05) is 6.26 Å². The van der Waals surface area contributed by atoms with Crippen LogP contribution in [0.2, 0.25) is 5.15 Å². The molecule has 0 amide bonds. The Morgan fingerprint density at radius 2 is 2.25 bits per heavy atom. The summed E-state index contributed by atoms with van der Waals surface area (Å²) in [6.07, 6.45) is 1.82. The first-order chi connectivity index (χ1) is 7.40. The highest BCUT2D eigenvalue weighted by atomic mass is 35.5. The summed E-state index contributed by atoms with van der Waals surface area (Å²) in [6.45, 7) is 0.181. The molecule has 0 fully saturated rings. The van der Waals surface area contributed by atoms with E-state index in [1.165, 1.54) is 17.8 Å². The van der Waals surface area contributed by atoms with Crippen LogP contribution in [0.5, 0.6) is 0 Å². The zero-order valence-electron chi connectivity index (χ0n) is 8.47. The van der Waals surface area contributed by atoms with Crippen LogP contribution in [0.1, 0.15) is 0 Å². The number of hydrogen-bond acceptors (Lipinski definition) is 6. The SMILES string of the molecule is CSc1nc(Cl)cc(NCCS(N)(=O)=O)n1. The third-order valence-electron chi connectivity index (χ3n) is 1.55. The molecular formula is C7H11ClN4O2S2. The number of anilines is 1. The number of nitrogens with one attached hydrogen (secondary N) is 1. The minimum Gasteiger partial charge on any atom is -0.369 e. The third-order valence-corrected chi connectivity index (χ3v) is 3.06. The van der Waals surface area contributed by atoms with Crippen molar-refractivity contribution in [2.45, 2.75) is 5.16 Å². The first kappa shape index (κ1) is 13.5. The highest BCUT2D eigenvalue weighted by molar-refractivity contribution is 7.98. The van der Waals surface area contributed by atoms with Crippen molar-refractivity contribution in [3.05, 3.63) is 11.2 Å². The van der Waals surface area contributed by atoms with E-state index in [-0.39, 0.29) is 12.3 Å². The lowest BCUT2D eigenvalue weighted by Gasteiger charge is -2.05. The number of nitrogens with two attached hydrogens (primary N) is 1. The predicted octanol–water partition coefficient (Wildman–Crippen LogP) is 0.552. The number of primary sulfonamides is 1. The van der Waals surface area contributed by atoms with Crippen LogP contribution < -0.4 is 10.5 Å². The first-order valence-corrected chi connectivity index (χ1v) is 7.55. The monoisotopic (exact) mass is 282 g/mol. The Labute approximate surface area is 103 Å². The van der Waals surface area contributed by atoms with Gasteiger partial charge in [-0.25, -0.2) is 23.5 Å². The fraction of sp³-hybridized carbons (Fsp3) is 0.429. The predicted molar refractivity (Wildman–Crippen MR) is 65.3 cm³/mol. The van der Waals surface area contributed by atoms with Crippen LogP contribution in [0, 0.1) is 0 Å². The zero-order chi connectivity index (χ0) is 12.2. The molecule has 90 valence electrons. The van der Waals surface area contributed by atoms with Gasteiger partial charge in [0.25, 0.3) is 0 Å². The van der Waals surface area contributed by atoms with Crippen molar-refractivity contribution in [1.29, 1.82) is 0 Å². The van der Waals surface area contributed by atoms with E-state index in [9.17, 15) is 8.42 Å². The third kappa shape index (κ3) is 4.97. The molecule has 0 aliphatic heterocycles. The van der Waals surface area contributed by atoms with Crippen molar-refractivity contribution in [3.63, 3.8) is 0 Å². The summed E-state index contributed by atoms with van der Waals surface area (Å²) >= 11 is 7.10. The quantitative estimate of drug-likeness (QED) is 0.465. The van der Waals surface area contributed by atoms with Crippen LogP contribution in [0.3, 0.4) is 0 Å². The smallest absolute Gasteiger partial charge is 0.210 e. The first-order valence-electron chi connectivity index (χ1n) is 4.23. The molecule has 3 N–H and O–H groups in total. The minimum absolute atomic E-state index is 0.163. The number of rotatable bonds is 5. The normalized spacial score (nSPS) is 11.4. The second-order valence-corrected chi connectivity index (χ2v) is 5.75. The van der Waals surface area contributed by atoms with Gasteiger partial charge in [0.15, 0.2) is 5.16 Å². The van der Waals surface area contributed by atoms with E-state index in [0.717, 1.165) is 0 Å². The number of aromatic nitrogens is 2. The Morgan fingerprint density at radius 1 is 1.56 bits per heavy atom. The summed E-state index contributed by atoms with van der Waals surface area (Å²) in [7, 11) is -3.46. The molecule has 0 aliphatic rings. The van der Waals surface area contributed by atoms with Crippen molar-refractivity contribution >= 4 is 39.2 Å². The van der Waals surface area contributed by atoms with Gasteiger partial charge in [0.1, 0.15) is 11.0 Å². The van der Waals surface area contributed by atoms with E-state index in [1.54, 1.807) is 0 Å². The standard InChI is InChI=1S/C7H11ClN4O2S2/c1-15-7-11-5(8)4-6(12-7)10-2-3-16(9,13)14/h4H,2-3H2,1H3,(H2,9,13,14)(H,10,11,12). The van der Waals surface area contributed by atoms with Gasteiger partial charge >= 0.3 is 0 Å². The number of hydrogen-bond donors (Lipinski definition) is 2. The van der Waals surface area contributed by atoms with Crippen molar-refractivity contribution in [3.8, 4) is 0 Å². The Morgan fingerprint density at radius 3 is 2.81 bits per heavy atom. The van der Waals surface area contributed by atoms with E-state index < -0.39 is 10.0 Å². The molecular weight excluding hydrogens is 272 g/mol. The van der Waals surface area contributed by atoms with Crippen LogP contribution in [-0.4, -0.2) is 36.9 Å². The summed E-state index contributed by atoms with van der Waals surface area (Å²) < 4.78 is 21.4. The molecule has 0 unspecified atom stereocenters. The van der Waals surface area contributed by atoms with Crippen molar-refractivity contribution in [1.82, 2.24) is 9.97 Å². The molecule has 1 rings (SSSR count). The summed E-state index contributed by atoms with van der Waals surface area (Å²) in [6, 6.07) is 1.52. The molecule has 0 radical (unpaired) electrons. The van der Waals surface area contributed by atoms with E-state index >= 15 is 0 Å². The second kappa shape index (κ2) is 5.67. The summed E-state index contributed by atoms with van der Waals surface area (Å²) in [5, 5.41) is 8.49. The molecule has 1 aromatic rings. The topological polar surface area (TPSA) is 98.0 Å². The summed E-state index contributed by atoms with van der Waals surface area (Å²) in [4.78, 5) is 8.04. The van der Waals surface area contributed by atoms with Crippen molar-refractivity contribution in [2.24, 2.45) is 5.14 Å². The van der Waals surface area contributed by atoms with Gasteiger partial charge in [-0.05, 0) is 6.26 Å². The molecule has 0 aliphatic carbocycles. The van der Waals surface area contributed by atoms with Gasteiger partial charge in [-0.3, -0.25) is 0 Å². The maximum absolute atomic E-state index is 10.7. The average molecular weight is 283 g/mol. The molecule has 1 heterocycles. The Hall–Kier alpha value is -0.570. The largest absolute Gasteiger partial charge is 0.369 e. The number of thioether (sulfide) groups is 1. The Kier molecular flexibility index (Phi) is 4.78. The minimum atomic E-state index is -3.46. The molecule has 6 nitrogen and oxygen atoms in total. The van der Waals surface area contributed by atoms with Gasteiger partial charge in [0, 0.05) is 12.6 Å². The molecule has 0 bridgehead atoms. The highest BCUT2D eigenvalue weighted by Crippen LogP contribution is 2.16. The molecule has 0 aromatic carbocycles. The maximum Gasteiger partial charge on any atom is 0.210 e. The van der Waals surface area contributed by atoms with Gasteiger partial charge in [-0.1, -0.05) is 23.4 Å². The van der Waals surface area contributed by atoms with Crippen LogP contribution in [-0.2, 0) is 10.0 Å². The summed E-state index contributed by atoms with van der Waals surface area (Å²) in [5.41, 5.74) is 0. The molecule has 0 atom stereocenters. The van der Waals surface area contributed by atoms with Gasteiger partial charge in [-0.15, -0.1) is 0 Å². The average Bonchev–Trinajstić information content (AvgIpc) is 2.14. The lowest BCUT2D eigenvalue weighted by molar-refractivity contribution is 0.598. The Bertz CT molecular complexity index is 465. The van der Waals surface area contributed by atoms with Gasteiger partial charge in [0.2, 0.25) is 10.0 Å². The van der Waals surface area contributed by atoms with Crippen LogP contribution in [0.25, 0.3) is 0 Å². The lowest BCUT2D eigenvalue weighted by atomic mass is 10.5. The molecule has 9 heteroatoms. The molecule has 0 saturated carbocycles. The fourth-order valence-corrected chi connectivity index (χ4v) is 1.90. The molecule has 0 spiro atoms. The molecule has 1 aromatic heterocycles. The van der Waals surface area contributed by atoms with Gasteiger partial charge in [-0.2, -0.15) is 0 Å². The van der Waals surface area contributed by atoms with Crippen LogP contribution >= 0.6 is 23.4 Å². The number of nitrogens with zero attached hydrogens (tertiary/aromatic N) is 2. The fourth-order valence-electron chi connectivity index (χ4n) is 0.900. The second-order valence-electron chi connectivity index (χ2n) is 2.86. The maximum atomic E-state index is 10.7. The van der Waals surface area contributed by atoms with E-state index in [4.69, 9.17) is 16.7 Å². The lowest BCUT2D eigenvalue weighted by Crippen LogP contribution is -2.22. The van der Waals surface area contributed by atoms with Crippen molar-refractivity contribution < 1.29 is 8.42 Å². The van der Waals surface area contributed by atoms with Crippen LogP contribution in [0.15, 0.2) is 11.2 Å². The molecule has 0 saturated heterocycles. The van der Waals surface area contributed by atoms with Crippen molar-refractivity contribution in [2.75, 3.05) is 23.9 Å².